The van der Waals surface area contributed by atoms with Gasteiger partial charge in [-0.05, 0) is 42.5 Å². The van der Waals surface area contributed by atoms with Crippen molar-refractivity contribution in [3.63, 3.8) is 0 Å². The van der Waals surface area contributed by atoms with Gasteiger partial charge in [0, 0.05) is 46.5 Å². The predicted octanol–water partition coefficient (Wildman–Crippen LogP) is 5.09. The minimum atomic E-state index is -0.401. The lowest BCUT2D eigenvalue weighted by Gasteiger charge is -2.08. The van der Waals surface area contributed by atoms with E-state index in [9.17, 15) is 9.59 Å². The van der Waals surface area contributed by atoms with Crippen LogP contribution in [0.4, 0.5) is 5.69 Å². The normalized spacial score (nSPS) is 10.8. The molecule has 0 bridgehead atoms. The highest BCUT2D eigenvalue weighted by atomic mass is 32.2. The van der Waals surface area contributed by atoms with Crippen LogP contribution >= 0.6 is 11.8 Å². The number of carbonyl (C=O) groups excluding carboxylic acids is 2. The van der Waals surface area contributed by atoms with Crippen LogP contribution in [-0.4, -0.2) is 26.8 Å². The van der Waals surface area contributed by atoms with Gasteiger partial charge < -0.3 is 15.1 Å². The van der Waals surface area contributed by atoms with Crippen molar-refractivity contribution in [3.05, 3.63) is 114 Å². The van der Waals surface area contributed by atoms with Gasteiger partial charge in [0.05, 0.1) is 12.2 Å². The van der Waals surface area contributed by atoms with Crippen molar-refractivity contribution < 1.29 is 14.0 Å². The van der Waals surface area contributed by atoms with Gasteiger partial charge in [-0.1, -0.05) is 42.1 Å². The van der Waals surface area contributed by atoms with E-state index in [0.717, 1.165) is 16.6 Å². The van der Waals surface area contributed by atoms with Crippen molar-refractivity contribution in [2.24, 2.45) is 0 Å². The summed E-state index contributed by atoms with van der Waals surface area (Å²) in [6.45, 7) is 0.307. The van der Waals surface area contributed by atoms with E-state index in [1.54, 1.807) is 48.9 Å². The van der Waals surface area contributed by atoms with Crippen LogP contribution in [0, 0.1) is 0 Å². The molecule has 0 aliphatic rings. The van der Waals surface area contributed by atoms with Gasteiger partial charge >= 0.3 is 0 Å². The fraction of sp³-hybridized carbons (Fsp3) is 0.0741. The van der Waals surface area contributed by atoms with Gasteiger partial charge in [0.1, 0.15) is 5.58 Å². The van der Waals surface area contributed by atoms with Crippen molar-refractivity contribution in [1.82, 2.24) is 20.3 Å². The molecule has 0 saturated heterocycles. The Morgan fingerprint density at radius 3 is 2.47 bits per heavy atom. The Morgan fingerprint density at radius 1 is 0.833 bits per heavy atom. The van der Waals surface area contributed by atoms with E-state index in [4.69, 9.17) is 4.42 Å². The molecule has 9 heteroatoms. The van der Waals surface area contributed by atoms with Crippen LogP contribution in [0.5, 0.6) is 0 Å². The van der Waals surface area contributed by atoms with Crippen molar-refractivity contribution in [2.45, 2.75) is 17.5 Å². The molecule has 0 saturated carbocycles. The van der Waals surface area contributed by atoms with Gasteiger partial charge in [0.15, 0.2) is 10.9 Å². The lowest BCUT2D eigenvalue weighted by Crippen LogP contribution is -2.23. The van der Waals surface area contributed by atoms with Crippen LogP contribution in [0.3, 0.4) is 0 Å². The number of aromatic nitrogens is 3. The van der Waals surface area contributed by atoms with Crippen LogP contribution in [0.1, 0.15) is 32.2 Å². The first kappa shape index (κ1) is 23.3. The number of carbonyl (C=O) groups is 2. The third kappa shape index (κ3) is 5.42. The Bertz CT molecular complexity index is 1510. The quantitative estimate of drug-likeness (QED) is 0.228. The Hall–Kier alpha value is -4.50. The molecule has 2 N–H and O–H groups in total. The topological polar surface area (TPSA) is 110 Å². The molecule has 2 amide bonds. The Labute approximate surface area is 211 Å². The van der Waals surface area contributed by atoms with E-state index >= 15 is 0 Å². The van der Waals surface area contributed by atoms with Crippen LogP contribution in [0.2, 0.25) is 0 Å². The molecule has 5 rings (SSSR count). The van der Waals surface area contributed by atoms with Crippen molar-refractivity contribution >= 4 is 40.2 Å². The van der Waals surface area contributed by atoms with Crippen molar-refractivity contribution in [1.29, 1.82) is 0 Å². The van der Waals surface area contributed by atoms with Gasteiger partial charge in [-0.15, -0.1) is 0 Å². The van der Waals surface area contributed by atoms with Crippen molar-refractivity contribution in [3.8, 4) is 0 Å². The molecule has 178 valence electrons. The summed E-state index contributed by atoms with van der Waals surface area (Å²) < 4.78 is 5.93. The molecule has 0 radical (unpaired) electrons. The number of pyridine rings is 1. The minimum absolute atomic E-state index is 0.213. The molecule has 0 aliphatic heterocycles. The third-order valence-corrected chi connectivity index (χ3v) is 6.23. The highest BCUT2D eigenvalue weighted by Gasteiger charge is 2.21. The maximum absolute atomic E-state index is 13.3. The number of fused-ring (bicyclic) bond motifs is 1. The molecular formula is C27H21N5O3S. The summed E-state index contributed by atoms with van der Waals surface area (Å²) in [4.78, 5) is 38.6. The molecule has 2 aromatic carbocycles. The summed E-state index contributed by atoms with van der Waals surface area (Å²) in [6.07, 6.45) is 5.03. The number of amides is 2. The number of benzene rings is 2. The number of anilines is 1. The zero-order valence-electron chi connectivity index (χ0n) is 19.0. The number of para-hydroxylation sites is 1. The summed E-state index contributed by atoms with van der Waals surface area (Å²) in [5.74, 6) is 0.00614. The average molecular weight is 496 g/mol. The standard InChI is InChI=1S/C27H21N5O3S/c33-25(31-16-20-8-3-4-12-28-20)18-7-5-9-19(15-18)32-26(34)24-22(17-36-27-29-13-6-14-30-27)21-10-1-2-11-23(21)35-24/h1-15H,16-17H2,(H,31,33)(H,32,34). The lowest BCUT2D eigenvalue weighted by molar-refractivity contribution is 0.0948. The van der Waals surface area contributed by atoms with Crippen LogP contribution in [0.15, 0.2) is 101 Å². The summed E-state index contributed by atoms with van der Waals surface area (Å²) in [5.41, 5.74) is 3.03. The van der Waals surface area contributed by atoms with Gasteiger partial charge in [-0.3, -0.25) is 14.6 Å². The summed E-state index contributed by atoms with van der Waals surface area (Å²) >= 11 is 1.42. The van der Waals surface area contributed by atoms with Gasteiger partial charge in [0.2, 0.25) is 0 Å². The van der Waals surface area contributed by atoms with Crippen LogP contribution in [0.25, 0.3) is 11.0 Å². The highest BCUT2D eigenvalue weighted by molar-refractivity contribution is 7.98. The first-order chi connectivity index (χ1) is 17.7. The fourth-order valence-electron chi connectivity index (χ4n) is 3.62. The maximum Gasteiger partial charge on any atom is 0.291 e. The first-order valence-electron chi connectivity index (χ1n) is 11.2. The molecular weight excluding hydrogens is 474 g/mol. The number of hydrogen-bond donors (Lipinski definition) is 2. The molecule has 3 aromatic heterocycles. The number of nitrogens with one attached hydrogen (secondary N) is 2. The third-order valence-electron chi connectivity index (χ3n) is 5.33. The summed E-state index contributed by atoms with van der Waals surface area (Å²) in [5, 5.41) is 7.17. The Balaban J connectivity index is 1.33. The fourth-order valence-corrected chi connectivity index (χ4v) is 4.45. The molecule has 0 aliphatic carbocycles. The molecule has 0 spiro atoms. The number of rotatable bonds is 8. The number of thioether (sulfide) groups is 1. The average Bonchev–Trinajstić information content (AvgIpc) is 3.30. The molecule has 5 aromatic rings. The molecule has 0 fully saturated rings. The van der Waals surface area contributed by atoms with E-state index in [2.05, 4.69) is 25.6 Å². The van der Waals surface area contributed by atoms with Crippen LogP contribution in [-0.2, 0) is 12.3 Å². The van der Waals surface area contributed by atoms with E-state index in [1.165, 1.54) is 11.8 Å². The molecule has 36 heavy (non-hydrogen) atoms. The second-order valence-corrected chi connectivity index (χ2v) is 8.71. The Morgan fingerprint density at radius 2 is 1.64 bits per heavy atom. The first-order valence-corrected chi connectivity index (χ1v) is 12.2. The van der Waals surface area contributed by atoms with Crippen molar-refractivity contribution in [2.75, 3.05) is 5.32 Å². The van der Waals surface area contributed by atoms with Gasteiger partial charge in [-0.2, -0.15) is 0 Å². The van der Waals surface area contributed by atoms with Gasteiger partial charge in [-0.25, -0.2) is 9.97 Å². The zero-order valence-corrected chi connectivity index (χ0v) is 19.9. The van der Waals surface area contributed by atoms with E-state index in [1.807, 2.05) is 42.5 Å². The SMILES string of the molecule is O=C(NCc1ccccn1)c1cccc(NC(=O)c2oc3ccccc3c2CSc2ncccn2)c1. The van der Waals surface area contributed by atoms with Crippen LogP contribution < -0.4 is 10.6 Å². The smallest absolute Gasteiger partial charge is 0.291 e. The summed E-state index contributed by atoms with van der Waals surface area (Å²) in [7, 11) is 0. The van der Waals surface area contributed by atoms with E-state index < -0.39 is 5.91 Å². The second-order valence-electron chi connectivity index (χ2n) is 7.76. The zero-order chi connectivity index (χ0) is 24.7. The molecule has 8 nitrogen and oxygen atoms in total. The Kier molecular flexibility index (Phi) is 7.00. The lowest BCUT2D eigenvalue weighted by atomic mass is 10.1. The van der Waals surface area contributed by atoms with E-state index in [0.29, 0.717) is 34.3 Å². The van der Waals surface area contributed by atoms with E-state index in [-0.39, 0.29) is 11.7 Å². The minimum Gasteiger partial charge on any atom is -0.451 e. The number of furan rings is 1. The summed E-state index contributed by atoms with van der Waals surface area (Å²) in [6, 6.07) is 21.5. The molecule has 0 unspecified atom stereocenters. The monoisotopic (exact) mass is 495 g/mol. The largest absolute Gasteiger partial charge is 0.451 e. The maximum atomic E-state index is 13.3. The highest BCUT2D eigenvalue weighted by Crippen LogP contribution is 2.31. The predicted molar refractivity (Wildman–Crippen MR) is 138 cm³/mol. The number of hydrogen-bond acceptors (Lipinski definition) is 7. The molecule has 0 atom stereocenters. The second kappa shape index (κ2) is 10.8. The number of nitrogens with zero attached hydrogens (tertiary/aromatic N) is 3. The van der Waals surface area contributed by atoms with Gasteiger partial charge in [0.25, 0.3) is 11.8 Å². The molecule has 3 heterocycles.